The number of pyridine rings is 1. The number of hydrogen-bond donors (Lipinski definition) is 2. The van der Waals surface area contributed by atoms with E-state index in [9.17, 15) is 22.8 Å². The van der Waals surface area contributed by atoms with Crippen molar-refractivity contribution in [3.63, 3.8) is 0 Å². The first-order chi connectivity index (χ1) is 15.9. The molecule has 2 N–H and O–H groups in total. The lowest BCUT2D eigenvalue weighted by atomic mass is 10.2. The number of ether oxygens (including phenoxy) is 2. The normalized spacial score (nSPS) is 10.4. The van der Waals surface area contributed by atoms with E-state index in [0.29, 0.717) is 24.2 Å². The summed E-state index contributed by atoms with van der Waals surface area (Å²) in [6, 6.07) is 9.70. The third-order valence-corrected chi connectivity index (χ3v) is 4.37. The van der Waals surface area contributed by atoms with E-state index in [4.69, 9.17) is 9.47 Å². The van der Waals surface area contributed by atoms with Gasteiger partial charge in [-0.1, -0.05) is 0 Å². The van der Waals surface area contributed by atoms with Gasteiger partial charge >= 0.3 is 0 Å². The molecule has 0 aliphatic heterocycles. The molecular formula is C23H20F3N3O4. The number of carbonyl (C=O) groups is 2. The van der Waals surface area contributed by atoms with Crippen LogP contribution in [-0.4, -0.2) is 29.9 Å². The van der Waals surface area contributed by atoms with Gasteiger partial charge in [-0.15, -0.1) is 0 Å². The zero-order valence-corrected chi connectivity index (χ0v) is 17.5. The summed E-state index contributed by atoms with van der Waals surface area (Å²) in [6.45, 7) is 1.86. The van der Waals surface area contributed by atoms with Crippen LogP contribution in [0, 0.1) is 17.5 Å². The summed E-state index contributed by atoms with van der Waals surface area (Å²) >= 11 is 0. The molecule has 0 radical (unpaired) electrons. The number of rotatable bonds is 9. The van der Waals surface area contributed by atoms with E-state index >= 15 is 0 Å². The van der Waals surface area contributed by atoms with Gasteiger partial charge in [0, 0.05) is 18.0 Å². The molecule has 3 rings (SSSR count). The summed E-state index contributed by atoms with van der Waals surface area (Å²) in [5.74, 6) is -5.26. The molecule has 2 amide bonds. The summed E-state index contributed by atoms with van der Waals surface area (Å²) < 4.78 is 51.2. The lowest BCUT2D eigenvalue weighted by molar-refractivity contribution is -0.115. The van der Waals surface area contributed by atoms with Crippen LogP contribution in [0.5, 0.6) is 11.5 Å². The fourth-order valence-electron chi connectivity index (χ4n) is 2.76. The number of carbonyl (C=O) groups excluding carboxylic acids is 2. The Kier molecular flexibility index (Phi) is 7.85. The predicted octanol–water partition coefficient (Wildman–Crippen LogP) is 3.85. The van der Waals surface area contributed by atoms with Crippen LogP contribution in [0.25, 0.3) is 0 Å². The van der Waals surface area contributed by atoms with Crippen molar-refractivity contribution in [3.05, 3.63) is 83.4 Å². The Morgan fingerprint density at radius 2 is 1.70 bits per heavy atom. The first-order valence-electron chi connectivity index (χ1n) is 9.89. The van der Waals surface area contributed by atoms with Gasteiger partial charge in [-0.05, 0) is 55.0 Å². The Morgan fingerprint density at radius 1 is 0.939 bits per heavy atom. The van der Waals surface area contributed by atoms with Crippen molar-refractivity contribution in [2.45, 2.75) is 13.5 Å². The van der Waals surface area contributed by atoms with E-state index in [1.54, 1.807) is 37.5 Å². The summed E-state index contributed by atoms with van der Waals surface area (Å²) in [4.78, 5) is 28.4. The van der Waals surface area contributed by atoms with E-state index in [-0.39, 0.29) is 12.2 Å². The minimum atomic E-state index is -1.70. The number of nitrogens with zero attached hydrogens (tertiary/aromatic N) is 1. The minimum Gasteiger partial charge on any atom is -0.490 e. The van der Waals surface area contributed by atoms with Crippen molar-refractivity contribution in [1.82, 2.24) is 10.3 Å². The Hall–Kier alpha value is -4.08. The molecule has 0 spiro atoms. The monoisotopic (exact) mass is 459 g/mol. The molecule has 1 heterocycles. The van der Waals surface area contributed by atoms with Crippen LogP contribution in [0.15, 0.2) is 54.9 Å². The van der Waals surface area contributed by atoms with Gasteiger partial charge in [-0.2, -0.15) is 0 Å². The molecule has 7 nitrogen and oxygen atoms in total. The van der Waals surface area contributed by atoms with Crippen LogP contribution in [0.3, 0.4) is 0 Å². The molecule has 2 aromatic carbocycles. The van der Waals surface area contributed by atoms with Crippen LogP contribution >= 0.6 is 0 Å². The molecule has 10 heteroatoms. The fraction of sp³-hybridized carbons (Fsp3) is 0.174. The van der Waals surface area contributed by atoms with Crippen LogP contribution in [-0.2, 0) is 11.4 Å². The standard InChI is InChI=1S/C23H20F3N3O4/c1-2-32-19-11-15(3-6-18(19)33-13-14-7-9-27-10-8-14)23(31)28-12-20(30)29-17-5-4-16(24)21(25)22(17)26/h3-11H,2,12-13H2,1H3,(H,28,31)(H,29,30). The van der Waals surface area contributed by atoms with Gasteiger partial charge < -0.3 is 20.1 Å². The SMILES string of the molecule is CCOc1cc(C(=O)NCC(=O)Nc2ccc(F)c(F)c2F)ccc1OCc1ccncc1. The van der Waals surface area contributed by atoms with Gasteiger partial charge in [0.25, 0.3) is 5.91 Å². The molecule has 0 atom stereocenters. The third-order valence-electron chi connectivity index (χ3n) is 4.37. The topological polar surface area (TPSA) is 89.5 Å². The minimum absolute atomic E-state index is 0.196. The van der Waals surface area contributed by atoms with E-state index in [1.165, 1.54) is 12.1 Å². The van der Waals surface area contributed by atoms with Gasteiger partial charge in [-0.3, -0.25) is 14.6 Å². The lowest BCUT2D eigenvalue weighted by Crippen LogP contribution is -2.33. The molecule has 0 aliphatic carbocycles. The average molecular weight is 459 g/mol. The van der Waals surface area contributed by atoms with E-state index in [2.05, 4.69) is 15.6 Å². The maximum absolute atomic E-state index is 13.7. The summed E-state index contributed by atoms with van der Waals surface area (Å²) in [6.07, 6.45) is 3.29. The molecule has 172 valence electrons. The number of nitrogens with one attached hydrogen (secondary N) is 2. The van der Waals surface area contributed by atoms with Gasteiger partial charge in [-0.25, -0.2) is 13.2 Å². The summed E-state index contributed by atoms with van der Waals surface area (Å²) in [5, 5.41) is 4.44. The fourth-order valence-corrected chi connectivity index (χ4v) is 2.76. The Morgan fingerprint density at radius 3 is 2.42 bits per heavy atom. The highest BCUT2D eigenvalue weighted by Gasteiger charge is 2.17. The number of hydrogen-bond acceptors (Lipinski definition) is 5. The smallest absolute Gasteiger partial charge is 0.251 e. The molecule has 0 saturated carbocycles. The second-order valence-electron chi connectivity index (χ2n) is 6.69. The Labute approximate surface area is 187 Å². The Bertz CT molecular complexity index is 1140. The maximum atomic E-state index is 13.7. The first kappa shape index (κ1) is 23.6. The summed E-state index contributed by atoms with van der Waals surface area (Å²) in [7, 11) is 0. The van der Waals surface area contributed by atoms with Gasteiger partial charge in [0.1, 0.15) is 6.61 Å². The molecule has 0 bridgehead atoms. The average Bonchev–Trinajstić information content (AvgIpc) is 2.83. The highest BCUT2D eigenvalue weighted by Crippen LogP contribution is 2.29. The van der Waals surface area contributed by atoms with Gasteiger partial charge in [0.2, 0.25) is 5.91 Å². The first-order valence-corrected chi connectivity index (χ1v) is 9.89. The number of aromatic nitrogens is 1. The highest BCUT2D eigenvalue weighted by molar-refractivity contribution is 5.99. The van der Waals surface area contributed by atoms with Crippen molar-refractivity contribution in [3.8, 4) is 11.5 Å². The molecule has 0 unspecified atom stereocenters. The van der Waals surface area contributed by atoms with E-state index < -0.39 is 41.5 Å². The largest absolute Gasteiger partial charge is 0.490 e. The second kappa shape index (κ2) is 11.0. The second-order valence-corrected chi connectivity index (χ2v) is 6.69. The number of anilines is 1. The predicted molar refractivity (Wildman–Crippen MR) is 113 cm³/mol. The highest BCUT2D eigenvalue weighted by atomic mass is 19.2. The van der Waals surface area contributed by atoms with Crippen LogP contribution in [0.4, 0.5) is 18.9 Å². The van der Waals surface area contributed by atoms with Crippen molar-refractivity contribution >= 4 is 17.5 Å². The summed E-state index contributed by atoms with van der Waals surface area (Å²) in [5.41, 5.74) is 0.557. The molecule has 3 aromatic rings. The van der Waals surface area contributed by atoms with Crippen LogP contribution in [0.2, 0.25) is 0 Å². The zero-order valence-electron chi connectivity index (χ0n) is 17.5. The quantitative estimate of drug-likeness (QED) is 0.475. The number of amides is 2. The van der Waals surface area contributed by atoms with Crippen molar-refractivity contribution in [2.75, 3.05) is 18.5 Å². The number of halogens is 3. The van der Waals surface area contributed by atoms with Gasteiger partial charge in [0.15, 0.2) is 29.0 Å². The van der Waals surface area contributed by atoms with Gasteiger partial charge in [0.05, 0.1) is 18.8 Å². The van der Waals surface area contributed by atoms with Crippen molar-refractivity contribution in [2.24, 2.45) is 0 Å². The molecular weight excluding hydrogens is 439 g/mol. The molecule has 0 fully saturated rings. The zero-order chi connectivity index (χ0) is 23.8. The molecule has 0 aliphatic rings. The molecule has 0 saturated heterocycles. The molecule has 33 heavy (non-hydrogen) atoms. The van der Waals surface area contributed by atoms with Crippen molar-refractivity contribution < 1.29 is 32.2 Å². The van der Waals surface area contributed by atoms with Crippen LogP contribution in [0.1, 0.15) is 22.8 Å². The lowest BCUT2D eigenvalue weighted by Gasteiger charge is -2.14. The van der Waals surface area contributed by atoms with Crippen LogP contribution < -0.4 is 20.1 Å². The third kappa shape index (κ3) is 6.22. The maximum Gasteiger partial charge on any atom is 0.251 e. The molecule has 1 aromatic heterocycles. The van der Waals surface area contributed by atoms with E-state index in [0.717, 1.165) is 11.6 Å². The Balaban J connectivity index is 1.61. The van der Waals surface area contributed by atoms with Crippen molar-refractivity contribution in [1.29, 1.82) is 0 Å². The number of benzene rings is 2. The van der Waals surface area contributed by atoms with E-state index in [1.807, 2.05) is 0 Å².